The maximum Gasteiger partial charge on any atom is 0.255 e. The minimum Gasteiger partial charge on any atom is -0.399 e. The van der Waals surface area contributed by atoms with Crippen molar-refractivity contribution in [3.63, 3.8) is 0 Å². The summed E-state index contributed by atoms with van der Waals surface area (Å²) in [5, 5.41) is 3.15. The first-order valence-corrected chi connectivity index (χ1v) is 8.05. The number of fused-ring (bicyclic) bond motifs is 1. The normalized spacial score (nSPS) is 16.2. The van der Waals surface area contributed by atoms with E-state index >= 15 is 0 Å². The van der Waals surface area contributed by atoms with Gasteiger partial charge in [-0.2, -0.15) is 0 Å². The quantitative estimate of drug-likeness (QED) is 0.834. The van der Waals surface area contributed by atoms with E-state index in [2.05, 4.69) is 15.3 Å². The predicted molar refractivity (Wildman–Crippen MR) is 97.4 cm³/mol. The summed E-state index contributed by atoms with van der Waals surface area (Å²) in [6.07, 6.45) is 6.09. The molecule has 1 heterocycles. The Balaban J connectivity index is 0.00000208. The maximum absolute atomic E-state index is 12.7. The van der Waals surface area contributed by atoms with Gasteiger partial charge >= 0.3 is 0 Å². The van der Waals surface area contributed by atoms with Crippen molar-refractivity contribution in [1.29, 1.82) is 0 Å². The zero-order valence-corrected chi connectivity index (χ0v) is 14.8. The Morgan fingerprint density at radius 1 is 1.38 bits per heavy atom. The number of aryl methyl sites for hydroxylation is 1. The molecule has 24 heavy (non-hydrogen) atoms. The standard InChI is InChI=1S/C18H22N4O.ClH/c1-11(2)17-15(9-20-10-21-17)18(23)22-16-5-3-4-12-8-13(19)6-7-14(12)16;/h6-11,16H,3-5,19H2,1-2H3,(H,22,23);1H. The monoisotopic (exact) mass is 346 g/mol. The SMILES string of the molecule is CC(C)c1ncncc1C(=O)NC1CCCc2cc(N)ccc21.Cl. The fourth-order valence-corrected chi connectivity index (χ4v) is 3.19. The van der Waals surface area contributed by atoms with E-state index in [0.29, 0.717) is 5.56 Å². The first kappa shape index (κ1) is 18.2. The zero-order chi connectivity index (χ0) is 16.4. The zero-order valence-electron chi connectivity index (χ0n) is 14.0. The van der Waals surface area contributed by atoms with Gasteiger partial charge in [0, 0.05) is 11.9 Å². The molecule has 3 rings (SSSR count). The molecule has 1 aliphatic rings. The molecule has 3 N–H and O–H groups in total. The van der Waals surface area contributed by atoms with E-state index in [1.165, 1.54) is 17.5 Å². The molecule has 5 nitrogen and oxygen atoms in total. The molecular formula is C18H23ClN4O. The number of carbonyl (C=O) groups excluding carboxylic acids is 1. The van der Waals surface area contributed by atoms with Gasteiger partial charge in [-0.3, -0.25) is 4.79 Å². The molecule has 1 aromatic heterocycles. The molecule has 0 aliphatic heterocycles. The highest BCUT2D eigenvalue weighted by atomic mass is 35.5. The van der Waals surface area contributed by atoms with Crippen LogP contribution in [0.4, 0.5) is 5.69 Å². The maximum atomic E-state index is 12.7. The summed E-state index contributed by atoms with van der Waals surface area (Å²) in [7, 11) is 0. The number of nitrogens with zero attached hydrogens (tertiary/aromatic N) is 2. The second kappa shape index (κ2) is 7.62. The minimum absolute atomic E-state index is 0. The van der Waals surface area contributed by atoms with Crippen LogP contribution in [0.5, 0.6) is 0 Å². The number of anilines is 1. The van der Waals surface area contributed by atoms with Crippen molar-refractivity contribution >= 4 is 24.0 Å². The van der Waals surface area contributed by atoms with E-state index in [-0.39, 0.29) is 30.3 Å². The van der Waals surface area contributed by atoms with E-state index in [1.807, 2.05) is 32.0 Å². The van der Waals surface area contributed by atoms with Gasteiger partial charge in [0.2, 0.25) is 0 Å². The predicted octanol–water partition coefficient (Wildman–Crippen LogP) is 3.41. The molecule has 0 spiro atoms. The summed E-state index contributed by atoms with van der Waals surface area (Å²) in [4.78, 5) is 21.0. The van der Waals surface area contributed by atoms with Gasteiger partial charge in [-0.25, -0.2) is 9.97 Å². The summed E-state index contributed by atoms with van der Waals surface area (Å²) in [6.45, 7) is 4.05. The summed E-state index contributed by atoms with van der Waals surface area (Å²) in [6, 6.07) is 5.96. The highest BCUT2D eigenvalue weighted by molar-refractivity contribution is 5.95. The molecule has 0 radical (unpaired) electrons. The smallest absolute Gasteiger partial charge is 0.255 e. The largest absolute Gasteiger partial charge is 0.399 e. The first-order valence-electron chi connectivity index (χ1n) is 8.05. The van der Waals surface area contributed by atoms with Crippen LogP contribution in [0, 0.1) is 0 Å². The highest BCUT2D eigenvalue weighted by Gasteiger charge is 2.24. The number of hydrogen-bond acceptors (Lipinski definition) is 4. The van der Waals surface area contributed by atoms with Crippen LogP contribution in [0.15, 0.2) is 30.7 Å². The van der Waals surface area contributed by atoms with E-state index in [1.54, 1.807) is 6.20 Å². The molecule has 6 heteroatoms. The molecule has 1 amide bonds. The Morgan fingerprint density at radius 3 is 2.92 bits per heavy atom. The molecule has 0 saturated heterocycles. The van der Waals surface area contributed by atoms with E-state index in [9.17, 15) is 4.79 Å². The fraction of sp³-hybridized carbons (Fsp3) is 0.389. The number of amides is 1. The van der Waals surface area contributed by atoms with Crippen LogP contribution in [-0.2, 0) is 6.42 Å². The molecule has 1 atom stereocenters. The van der Waals surface area contributed by atoms with E-state index in [0.717, 1.165) is 30.6 Å². The van der Waals surface area contributed by atoms with Crippen molar-refractivity contribution in [2.75, 3.05) is 5.73 Å². The Labute approximate surface area is 148 Å². The van der Waals surface area contributed by atoms with Crippen molar-refractivity contribution in [2.45, 2.75) is 45.1 Å². The lowest BCUT2D eigenvalue weighted by atomic mass is 9.87. The highest BCUT2D eigenvalue weighted by Crippen LogP contribution is 2.31. The summed E-state index contributed by atoms with van der Waals surface area (Å²) in [5.41, 5.74) is 10.4. The second-order valence-electron chi connectivity index (χ2n) is 6.35. The van der Waals surface area contributed by atoms with E-state index in [4.69, 9.17) is 5.73 Å². The molecule has 0 fully saturated rings. The topological polar surface area (TPSA) is 80.9 Å². The number of benzene rings is 1. The molecule has 1 aliphatic carbocycles. The minimum atomic E-state index is -0.107. The summed E-state index contributed by atoms with van der Waals surface area (Å²) in [5.74, 6) is 0.0705. The summed E-state index contributed by atoms with van der Waals surface area (Å²) >= 11 is 0. The van der Waals surface area contributed by atoms with Gasteiger partial charge in [0.25, 0.3) is 5.91 Å². The lowest BCUT2D eigenvalue weighted by Crippen LogP contribution is -2.32. The molecule has 0 saturated carbocycles. The van der Waals surface area contributed by atoms with Crippen LogP contribution in [0.25, 0.3) is 0 Å². The van der Waals surface area contributed by atoms with Crippen molar-refractivity contribution < 1.29 is 4.79 Å². The molecule has 1 aromatic carbocycles. The van der Waals surface area contributed by atoms with Crippen molar-refractivity contribution in [2.24, 2.45) is 0 Å². The van der Waals surface area contributed by atoms with Crippen LogP contribution in [-0.4, -0.2) is 15.9 Å². The van der Waals surface area contributed by atoms with Crippen molar-refractivity contribution in [1.82, 2.24) is 15.3 Å². The van der Waals surface area contributed by atoms with Crippen molar-refractivity contribution in [3.8, 4) is 0 Å². The number of nitrogens with two attached hydrogens (primary N) is 1. The Bertz CT molecular complexity index is 733. The van der Waals surface area contributed by atoms with Crippen LogP contribution in [0.1, 0.15) is 65.8 Å². The van der Waals surface area contributed by atoms with Gasteiger partial charge in [-0.15, -0.1) is 12.4 Å². The van der Waals surface area contributed by atoms with Gasteiger partial charge in [0.1, 0.15) is 6.33 Å². The Morgan fingerprint density at radius 2 is 2.17 bits per heavy atom. The number of carbonyl (C=O) groups is 1. The Kier molecular flexibility index (Phi) is 5.78. The molecule has 1 unspecified atom stereocenters. The number of hydrogen-bond donors (Lipinski definition) is 2. The average Bonchev–Trinajstić information content (AvgIpc) is 2.54. The van der Waals surface area contributed by atoms with Gasteiger partial charge in [0.15, 0.2) is 0 Å². The number of nitrogen functional groups attached to an aromatic ring is 1. The molecule has 128 valence electrons. The number of aromatic nitrogens is 2. The third-order valence-corrected chi connectivity index (χ3v) is 4.32. The third kappa shape index (κ3) is 3.67. The van der Waals surface area contributed by atoms with Crippen LogP contribution in [0.3, 0.4) is 0 Å². The Hall–Kier alpha value is -2.14. The number of nitrogens with one attached hydrogen (secondary N) is 1. The number of halogens is 1. The summed E-state index contributed by atoms with van der Waals surface area (Å²) < 4.78 is 0. The fourth-order valence-electron chi connectivity index (χ4n) is 3.19. The van der Waals surface area contributed by atoms with Crippen LogP contribution >= 0.6 is 12.4 Å². The molecular weight excluding hydrogens is 324 g/mol. The number of rotatable bonds is 3. The lowest BCUT2D eigenvalue weighted by Gasteiger charge is -2.27. The molecule has 2 aromatic rings. The third-order valence-electron chi connectivity index (χ3n) is 4.32. The second-order valence-corrected chi connectivity index (χ2v) is 6.35. The first-order chi connectivity index (χ1) is 11.1. The van der Waals surface area contributed by atoms with Crippen LogP contribution in [0.2, 0.25) is 0 Å². The molecule has 0 bridgehead atoms. The van der Waals surface area contributed by atoms with Gasteiger partial charge in [-0.05, 0) is 48.4 Å². The van der Waals surface area contributed by atoms with E-state index < -0.39 is 0 Å². The van der Waals surface area contributed by atoms with Gasteiger partial charge in [-0.1, -0.05) is 19.9 Å². The van der Waals surface area contributed by atoms with Gasteiger partial charge < -0.3 is 11.1 Å². The van der Waals surface area contributed by atoms with Crippen LogP contribution < -0.4 is 11.1 Å². The average molecular weight is 347 g/mol. The lowest BCUT2D eigenvalue weighted by molar-refractivity contribution is 0.0930. The van der Waals surface area contributed by atoms with Crippen molar-refractivity contribution in [3.05, 3.63) is 53.1 Å². The van der Waals surface area contributed by atoms with Gasteiger partial charge in [0.05, 0.1) is 17.3 Å².